The van der Waals surface area contributed by atoms with Crippen LogP contribution in [0.4, 0.5) is 0 Å². The third-order valence-electron chi connectivity index (χ3n) is 9.46. The first-order valence-electron chi connectivity index (χ1n) is 16.7. The number of fused-ring (bicyclic) bond motifs is 6. The van der Waals surface area contributed by atoms with E-state index in [1.807, 2.05) is 0 Å². The zero-order chi connectivity index (χ0) is 35.6. The Morgan fingerprint density at radius 3 is 1.12 bits per heavy atom. The van der Waals surface area contributed by atoms with Gasteiger partial charge in [0.05, 0.1) is 22.4 Å². The summed E-state index contributed by atoms with van der Waals surface area (Å²) in [6.07, 6.45) is 12.7. The van der Waals surface area contributed by atoms with Crippen LogP contribution < -0.4 is 10.6 Å². The third kappa shape index (κ3) is 10.8. The highest BCUT2D eigenvalue weighted by atomic mass is 16.4. The van der Waals surface area contributed by atoms with Gasteiger partial charge in [-0.25, -0.2) is 19.2 Å². The molecule has 4 bridgehead atoms. The lowest BCUT2D eigenvalue weighted by molar-refractivity contribution is -0.134. The first-order valence-corrected chi connectivity index (χ1v) is 16.7. The van der Waals surface area contributed by atoms with Gasteiger partial charge in [0.2, 0.25) is 0 Å². The second-order valence-electron chi connectivity index (χ2n) is 12.9. The van der Waals surface area contributed by atoms with E-state index in [2.05, 4.69) is 79.6 Å². The van der Waals surface area contributed by atoms with Crippen LogP contribution in [-0.4, -0.2) is 94.3 Å². The summed E-state index contributed by atoms with van der Waals surface area (Å²) in [5.41, 5.74) is 4.93. The Bertz CT molecular complexity index is 1680. The van der Waals surface area contributed by atoms with Crippen molar-refractivity contribution in [3.05, 3.63) is 84.2 Å². The Morgan fingerprint density at radius 1 is 0.529 bits per heavy atom. The van der Waals surface area contributed by atoms with Gasteiger partial charge < -0.3 is 36.5 Å². The van der Waals surface area contributed by atoms with Crippen LogP contribution in [0.5, 0.6) is 0 Å². The number of hydrogen-bond donors (Lipinski definition) is 8. The fraction of sp³-hybridized carbons (Fsp3) is 0.389. The minimum absolute atomic E-state index is 0. The summed E-state index contributed by atoms with van der Waals surface area (Å²) in [4.78, 5) is 38.2. The summed E-state index contributed by atoms with van der Waals surface area (Å²) in [6, 6.07) is 19.9. The lowest BCUT2D eigenvalue weighted by atomic mass is 9.88. The lowest BCUT2D eigenvalue weighted by Gasteiger charge is -2.28. The van der Waals surface area contributed by atoms with E-state index in [1.54, 1.807) is 0 Å². The molecule has 10 N–H and O–H groups in total. The summed E-state index contributed by atoms with van der Waals surface area (Å²) in [6.45, 7) is 0. The lowest BCUT2D eigenvalue weighted by Crippen LogP contribution is -2.37. The van der Waals surface area contributed by atoms with Crippen LogP contribution in [0.15, 0.2) is 72.8 Å². The third-order valence-corrected chi connectivity index (χ3v) is 9.46. The quantitative estimate of drug-likeness (QED) is 0.134. The molecule has 2 aromatic carbocycles. The average molecular weight is 705 g/mol. The molecule has 4 aliphatic heterocycles. The topological polar surface area (TPSA) is 262 Å². The fourth-order valence-corrected chi connectivity index (χ4v) is 7.44. The van der Waals surface area contributed by atoms with Gasteiger partial charge in [0.1, 0.15) is 0 Å². The highest BCUT2D eigenvalue weighted by Crippen LogP contribution is 2.39. The average Bonchev–Trinajstić information content (AvgIpc) is 3.88. The smallest absolute Gasteiger partial charge is 0.328 e. The van der Waals surface area contributed by atoms with Gasteiger partial charge in [-0.15, -0.1) is 0 Å². The Morgan fingerprint density at radius 2 is 0.824 bits per heavy atom. The predicted molar refractivity (Wildman–Crippen MR) is 188 cm³/mol. The largest absolute Gasteiger partial charge is 0.478 e. The van der Waals surface area contributed by atoms with E-state index in [9.17, 15) is 19.2 Å². The number of carboxylic acids is 4. The summed E-state index contributed by atoms with van der Waals surface area (Å²) < 4.78 is 0. The van der Waals surface area contributed by atoms with Crippen molar-refractivity contribution in [2.75, 3.05) is 0 Å². The highest BCUT2D eigenvalue weighted by molar-refractivity contribution is 5.90. The van der Waals surface area contributed by atoms with Crippen molar-refractivity contribution in [3.8, 4) is 0 Å². The second kappa shape index (κ2) is 18.0. The van der Waals surface area contributed by atoms with Crippen LogP contribution in [0.25, 0.3) is 21.8 Å². The molecule has 4 aliphatic rings. The number of H-pyrrole nitrogens is 2. The molecule has 0 amide bonds. The Kier molecular flexibility index (Phi) is 13.6. The molecule has 51 heavy (non-hydrogen) atoms. The molecule has 2 aromatic heterocycles. The first kappa shape index (κ1) is 38.4. The molecule has 15 heteroatoms. The molecule has 4 saturated heterocycles. The Labute approximate surface area is 293 Å². The van der Waals surface area contributed by atoms with Crippen LogP contribution in [0, 0.1) is 0 Å². The van der Waals surface area contributed by atoms with Crippen molar-refractivity contribution < 1.29 is 45.1 Å². The number of rotatable bonds is 6. The van der Waals surface area contributed by atoms with Crippen molar-refractivity contribution >= 4 is 45.7 Å². The predicted octanol–water partition coefficient (Wildman–Crippen LogP) is 3.72. The summed E-state index contributed by atoms with van der Waals surface area (Å²) in [5, 5.41) is 56.7. The monoisotopic (exact) mass is 704 g/mol. The van der Waals surface area contributed by atoms with Crippen molar-refractivity contribution in [1.29, 1.82) is 0 Å². The molecular weight excluding hydrogens is 660 g/mol. The van der Waals surface area contributed by atoms with Crippen molar-refractivity contribution in [3.63, 3.8) is 0 Å². The number of aliphatic carboxylic acids is 4. The van der Waals surface area contributed by atoms with Gasteiger partial charge >= 0.3 is 23.9 Å². The second-order valence-corrected chi connectivity index (χ2v) is 12.9. The van der Waals surface area contributed by atoms with Gasteiger partial charge in [0.15, 0.2) is 0 Å². The number of benzene rings is 2. The molecule has 4 fully saturated rings. The Balaban J connectivity index is 0.000000162. The summed E-state index contributed by atoms with van der Waals surface area (Å²) in [7, 11) is 0. The van der Waals surface area contributed by atoms with E-state index in [0.29, 0.717) is 36.1 Å². The zero-order valence-corrected chi connectivity index (χ0v) is 27.9. The van der Waals surface area contributed by atoms with Gasteiger partial charge in [-0.1, -0.05) is 36.4 Å². The molecule has 272 valence electrons. The van der Waals surface area contributed by atoms with Gasteiger partial charge in [-0.05, 0) is 63.5 Å². The molecule has 6 heterocycles. The van der Waals surface area contributed by atoms with Crippen molar-refractivity contribution in [1.82, 2.24) is 31.0 Å². The molecule has 8 rings (SSSR count). The standard InChI is InChI=1S/2C14H17N3.2C4H4O4.H2O/c2*1-2-4-13-12(3-1)14(17-16-13)9-7-10-5-6-11(8-9)15-10;2*5-3(6)1-2-4(7)8;/h2*1-4,9-11,15H,5-8H2,(H,16,17);2*1-2H,(H,5,6)(H,7,8);1H2. The van der Waals surface area contributed by atoms with E-state index >= 15 is 0 Å². The van der Waals surface area contributed by atoms with Crippen LogP contribution in [0.2, 0.25) is 0 Å². The number of nitrogens with zero attached hydrogens (tertiary/aromatic N) is 2. The number of piperidine rings is 2. The maximum absolute atomic E-state index is 9.55. The summed E-state index contributed by atoms with van der Waals surface area (Å²) in [5.74, 6) is -3.74. The van der Waals surface area contributed by atoms with Crippen molar-refractivity contribution in [2.45, 2.75) is 87.4 Å². The number of aromatic nitrogens is 4. The molecule has 0 radical (unpaired) electrons. The van der Waals surface area contributed by atoms with Gasteiger partial charge in [-0.2, -0.15) is 10.2 Å². The fourth-order valence-electron chi connectivity index (χ4n) is 7.44. The minimum atomic E-state index is -1.26. The molecule has 4 aromatic rings. The van der Waals surface area contributed by atoms with E-state index in [0.717, 1.165) is 24.2 Å². The molecule has 0 aliphatic carbocycles. The number of nitrogens with one attached hydrogen (secondary N) is 4. The number of hydrogen-bond acceptors (Lipinski definition) is 8. The zero-order valence-electron chi connectivity index (χ0n) is 27.9. The number of para-hydroxylation sites is 2. The Hall–Kier alpha value is -5.38. The summed E-state index contributed by atoms with van der Waals surface area (Å²) >= 11 is 0. The van der Waals surface area contributed by atoms with Gasteiger partial charge in [0.25, 0.3) is 0 Å². The van der Waals surface area contributed by atoms with E-state index < -0.39 is 23.9 Å². The van der Waals surface area contributed by atoms with E-state index in [-0.39, 0.29) is 5.48 Å². The van der Waals surface area contributed by atoms with Crippen LogP contribution in [-0.2, 0) is 19.2 Å². The van der Waals surface area contributed by atoms with Gasteiger partial charge in [0, 0.05) is 71.1 Å². The molecule has 4 atom stereocenters. The van der Waals surface area contributed by atoms with Crippen LogP contribution >= 0.6 is 0 Å². The van der Waals surface area contributed by atoms with E-state index in [4.69, 9.17) is 20.4 Å². The molecule has 0 spiro atoms. The van der Waals surface area contributed by atoms with Crippen LogP contribution in [0.3, 0.4) is 0 Å². The van der Waals surface area contributed by atoms with Crippen LogP contribution in [0.1, 0.15) is 74.6 Å². The van der Waals surface area contributed by atoms with Crippen molar-refractivity contribution in [2.24, 2.45) is 0 Å². The number of carboxylic acid groups (broad SMARTS) is 4. The molecule has 4 unspecified atom stereocenters. The maximum atomic E-state index is 9.55. The first-order chi connectivity index (χ1) is 24.0. The number of carbonyl (C=O) groups is 4. The molecule has 0 saturated carbocycles. The SMILES string of the molecule is O.O=C(O)C=CC(=O)O.O=C(O)C=CC(=O)O.c1ccc2c(C3CC4CCC(C3)N4)n[nH]c2c1.c1ccc2c(C3CC4CCC(C3)N4)n[nH]c2c1. The minimum Gasteiger partial charge on any atom is -0.478 e. The van der Waals surface area contributed by atoms with E-state index in [1.165, 1.54) is 84.6 Å². The normalized spacial score (nSPS) is 24.4. The molecular formula is C36H44N6O9. The highest BCUT2D eigenvalue weighted by Gasteiger charge is 2.36. The molecule has 15 nitrogen and oxygen atoms in total. The number of aromatic amines is 2. The van der Waals surface area contributed by atoms with Gasteiger partial charge in [-0.3, -0.25) is 10.2 Å². The maximum Gasteiger partial charge on any atom is 0.328 e.